The lowest BCUT2D eigenvalue weighted by Crippen LogP contribution is -2.33. The number of anilines is 1. The number of nitrogens with zero attached hydrogens (tertiary/aromatic N) is 2. The van der Waals surface area contributed by atoms with Crippen LogP contribution in [0.2, 0.25) is 0 Å². The molecule has 0 radical (unpaired) electrons. The van der Waals surface area contributed by atoms with Gasteiger partial charge < -0.3 is 10.2 Å². The van der Waals surface area contributed by atoms with Crippen LogP contribution in [0.1, 0.15) is 49.6 Å². The van der Waals surface area contributed by atoms with Crippen LogP contribution in [0.3, 0.4) is 0 Å². The van der Waals surface area contributed by atoms with Crippen LogP contribution in [-0.2, 0) is 16.0 Å². The fourth-order valence-corrected chi connectivity index (χ4v) is 3.11. The summed E-state index contributed by atoms with van der Waals surface area (Å²) in [4.78, 5) is 26.1. The molecule has 0 bridgehead atoms. The lowest BCUT2D eigenvalue weighted by atomic mass is 9.93. The Hall–Kier alpha value is -2.89. The highest BCUT2D eigenvalue weighted by molar-refractivity contribution is 5.91. The predicted octanol–water partition coefficient (Wildman–Crippen LogP) is 3.26. The number of aryl methyl sites for hydroxylation is 1. The molecule has 1 aromatic heterocycles. The van der Waals surface area contributed by atoms with Gasteiger partial charge in [-0.1, -0.05) is 37.6 Å². The first-order valence-corrected chi connectivity index (χ1v) is 8.48. The second-order valence-corrected chi connectivity index (χ2v) is 6.17. The summed E-state index contributed by atoms with van der Waals surface area (Å²) in [7, 11) is 0. The van der Waals surface area contributed by atoms with Crippen molar-refractivity contribution in [3.8, 4) is 0 Å². The Morgan fingerprint density at radius 2 is 2.12 bits per heavy atom. The van der Waals surface area contributed by atoms with E-state index in [1.807, 2.05) is 36.4 Å². The molecule has 1 atom stereocenters. The standard InChI is InChI=1S/C19H22N4O2/c1-3-6-15-11-18(22-21-15)20-19(25)12-17-16-8-5-4-7-14(16)9-10-23(17)13(2)24/h4-5,7-11,17H,3,6,12H2,1-2H3,(H2,20,21,22,25)/t17-/m0/s1. The molecule has 130 valence electrons. The lowest BCUT2D eigenvalue weighted by molar-refractivity contribution is -0.129. The van der Waals surface area contributed by atoms with Crippen molar-refractivity contribution in [3.05, 3.63) is 53.4 Å². The number of benzene rings is 1. The van der Waals surface area contributed by atoms with Crippen LogP contribution in [0.5, 0.6) is 0 Å². The van der Waals surface area contributed by atoms with Gasteiger partial charge in [-0.05, 0) is 23.6 Å². The fraction of sp³-hybridized carbons (Fsp3) is 0.316. The molecule has 0 aliphatic carbocycles. The number of fused-ring (bicyclic) bond motifs is 1. The second kappa shape index (κ2) is 7.34. The van der Waals surface area contributed by atoms with E-state index in [4.69, 9.17) is 0 Å². The first kappa shape index (κ1) is 17.0. The third kappa shape index (κ3) is 3.79. The number of hydrogen-bond donors (Lipinski definition) is 2. The Kier molecular flexibility index (Phi) is 4.97. The van der Waals surface area contributed by atoms with Crippen LogP contribution in [0, 0.1) is 0 Å². The summed E-state index contributed by atoms with van der Waals surface area (Å²) in [5, 5.41) is 9.85. The van der Waals surface area contributed by atoms with E-state index in [9.17, 15) is 9.59 Å². The van der Waals surface area contributed by atoms with Gasteiger partial charge in [-0.15, -0.1) is 0 Å². The van der Waals surface area contributed by atoms with Crippen LogP contribution >= 0.6 is 0 Å². The zero-order chi connectivity index (χ0) is 17.8. The molecule has 3 rings (SSSR count). The van der Waals surface area contributed by atoms with Crippen molar-refractivity contribution in [2.24, 2.45) is 0 Å². The van der Waals surface area contributed by atoms with Gasteiger partial charge in [0, 0.05) is 24.9 Å². The van der Waals surface area contributed by atoms with Crippen molar-refractivity contribution in [1.29, 1.82) is 0 Å². The van der Waals surface area contributed by atoms with E-state index in [2.05, 4.69) is 22.4 Å². The molecule has 1 aromatic carbocycles. The third-order valence-corrected chi connectivity index (χ3v) is 4.27. The second-order valence-electron chi connectivity index (χ2n) is 6.17. The number of carbonyl (C=O) groups is 2. The Labute approximate surface area is 146 Å². The average molecular weight is 338 g/mol. The van der Waals surface area contributed by atoms with Crippen LogP contribution in [-0.4, -0.2) is 26.9 Å². The molecule has 6 heteroatoms. The highest BCUT2D eigenvalue weighted by Gasteiger charge is 2.28. The zero-order valence-corrected chi connectivity index (χ0v) is 14.5. The molecule has 0 saturated carbocycles. The number of aromatic nitrogens is 2. The molecular formula is C19H22N4O2. The summed E-state index contributed by atoms with van der Waals surface area (Å²) in [5.41, 5.74) is 3.00. The Bertz CT molecular complexity index is 809. The molecule has 0 fully saturated rings. The topological polar surface area (TPSA) is 78.1 Å². The Balaban J connectivity index is 1.75. The molecule has 0 spiro atoms. The van der Waals surface area contributed by atoms with Crippen molar-refractivity contribution in [2.75, 3.05) is 5.32 Å². The molecule has 0 unspecified atom stereocenters. The minimum absolute atomic E-state index is 0.0893. The van der Waals surface area contributed by atoms with E-state index in [1.54, 1.807) is 11.1 Å². The fourth-order valence-electron chi connectivity index (χ4n) is 3.11. The largest absolute Gasteiger partial charge is 0.311 e. The Morgan fingerprint density at radius 3 is 2.88 bits per heavy atom. The van der Waals surface area contributed by atoms with Crippen molar-refractivity contribution in [2.45, 2.75) is 39.2 Å². The maximum absolute atomic E-state index is 12.5. The summed E-state index contributed by atoms with van der Waals surface area (Å²) in [6, 6.07) is 9.35. The minimum Gasteiger partial charge on any atom is -0.311 e. The lowest BCUT2D eigenvalue weighted by Gasteiger charge is -2.32. The molecular weight excluding hydrogens is 316 g/mol. The van der Waals surface area contributed by atoms with Gasteiger partial charge in [0.1, 0.15) is 0 Å². The third-order valence-electron chi connectivity index (χ3n) is 4.27. The maximum Gasteiger partial charge on any atom is 0.228 e. The number of nitrogens with one attached hydrogen (secondary N) is 2. The molecule has 2 aromatic rings. The SMILES string of the molecule is CCCc1cc(NC(=O)C[C@H]2c3ccccc3C=CN2C(C)=O)n[nH]1. The van der Waals surface area contributed by atoms with Gasteiger partial charge >= 0.3 is 0 Å². The van der Waals surface area contributed by atoms with Crippen molar-refractivity contribution >= 4 is 23.7 Å². The smallest absolute Gasteiger partial charge is 0.228 e. The first-order chi connectivity index (χ1) is 12.1. The monoisotopic (exact) mass is 338 g/mol. The number of hydrogen-bond acceptors (Lipinski definition) is 3. The predicted molar refractivity (Wildman–Crippen MR) is 96.6 cm³/mol. The first-order valence-electron chi connectivity index (χ1n) is 8.48. The molecule has 2 N–H and O–H groups in total. The number of aromatic amines is 1. The van der Waals surface area contributed by atoms with Gasteiger partial charge in [-0.25, -0.2) is 0 Å². The van der Waals surface area contributed by atoms with Crippen LogP contribution in [0.15, 0.2) is 36.5 Å². The van der Waals surface area contributed by atoms with Gasteiger partial charge in [0.05, 0.1) is 12.5 Å². The minimum atomic E-state index is -0.312. The van der Waals surface area contributed by atoms with Gasteiger partial charge in [0.15, 0.2) is 5.82 Å². The molecule has 1 aliphatic heterocycles. The van der Waals surface area contributed by atoms with Crippen LogP contribution in [0.25, 0.3) is 6.08 Å². The molecule has 25 heavy (non-hydrogen) atoms. The quantitative estimate of drug-likeness (QED) is 0.878. The molecule has 0 saturated heterocycles. The van der Waals surface area contributed by atoms with Gasteiger partial charge in [0.25, 0.3) is 0 Å². The number of rotatable bonds is 5. The van der Waals surface area contributed by atoms with Gasteiger partial charge in [-0.2, -0.15) is 5.10 Å². The van der Waals surface area contributed by atoms with E-state index in [1.165, 1.54) is 6.92 Å². The zero-order valence-electron chi connectivity index (χ0n) is 14.5. The van der Waals surface area contributed by atoms with Crippen molar-refractivity contribution in [3.63, 3.8) is 0 Å². The van der Waals surface area contributed by atoms with E-state index in [0.717, 1.165) is 29.7 Å². The van der Waals surface area contributed by atoms with E-state index >= 15 is 0 Å². The van der Waals surface area contributed by atoms with E-state index in [-0.39, 0.29) is 24.3 Å². The van der Waals surface area contributed by atoms with Gasteiger partial charge in [-0.3, -0.25) is 14.7 Å². The number of carbonyl (C=O) groups excluding carboxylic acids is 2. The molecule has 2 amide bonds. The maximum atomic E-state index is 12.5. The summed E-state index contributed by atoms with van der Waals surface area (Å²) < 4.78 is 0. The number of H-pyrrole nitrogens is 1. The number of amides is 2. The highest BCUT2D eigenvalue weighted by Crippen LogP contribution is 2.33. The normalized spacial score (nSPS) is 15.8. The van der Waals surface area contributed by atoms with E-state index < -0.39 is 0 Å². The molecule has 2 heterocycles. The van der Waals surface area contributed by atoms with Crippen molar-refractivity contribution in [1.82, 2.24) is 15.1 Å². The molecule has 1 aliphatic rings. The van der Waals surface area contributed by atoms with Crippen LogP contribution in [0.4, 0.5) is 5.82 Å². The summed E-state index contributed by atoms with van der Waals surface area (Å²) in [6.45, 7) is 3.59. The average Bonchev–Trinajstić information content (AvgIpc) is 3.02. The van der Waals surface area contributed by atoms with Gasteiger partial charge in [0.2, 0.25) is 11.8 Å². The Morgan fingerprint density at radius 1 is 1.32 bits per heavy atom. The summed E-state index contributed by atoms with van der Waals surface area (Å²) >= 11 is 0. The summed E-state index contributed by atoms with van der Waals surface area (Å²) in [5.74, 6) is 0.256. The van der Waals surface area contributed by atoms with E-state index in [0.29, 0.717) is 5.82 Å². The summed E-state index contributed by atoms with van der Waals surface area (Å²) in [6.07, 6.45) is 5.72. The highest BCUT2D eigenvalue weighted by atomic mass is 16.2. The van der Waals surface area contributed by atoms with Crippen molar-refractivity contribution < 1.29 is 9.59 Å². The molecule has 6 nitrogen and oxygen atoms in total. The van der Waals surface area contributed by atoms with Crippen LogP contribution < -0.4 is 5.32 Å².